The summed E-state index contributed by atoms with van der Waals surface area (Å²) in [4.78, 5) is 32.7. The maximum Gasteiger partial charge on any atom is 0.332 e. The van der Waals surface area contributed by atoms with Crippen molar-refractivity contribution in [2.75, 3.05) is 11.4 Å². The predicted octanol–water partition coefficient (Wildman–Crippen LogP) is 2.26. The number of hydrogen-bond acceptors (Lipinski definition) is 4. The van der Waals surface area contributed by atoms with Crippen molar-refractivity contribution in [3.05, 3.63) is 63.3 Å². The van der Waals surface area contributed by atoms with E-state index in [1.165, 1.54) is 9.13 Å². The Kier molecular flexibility index (Phi) is 4.02. The SMILES string of the molecule is C=C(C)Cn1c(=O)c2c(nc3n2C[C@@H](C)CN3c2ccccc2)n(C)c1=O. The Labute approximate surface area is 156 Å². The molecule has 3 aromatic rings. The number of nitrogens with zero attached hydrogens (tertiary/aromatic N) is 5. The lowest BCUT2D eigenvalue weighted by Gasteiger charge is -2.32. The van der Waals surface area contributed by atoms with Gasteiger partial charge in [0.05, 0.1) is 6.54 Å². The molecule has 1 aliphatic heterocycles. The predicted molar refractivity (Wildman–Crippen MR) is 107 cm³/mol. The van der Waals surface area contributed by atoms with Crippen LogP contribution in [-0.4, -0.2) is 25.2 Å². The van der Waals surface area contributed by atoms with Gasteiger partial charge in [0.1, 0.15) is 0 Å². The van der Waals surface area contributed by atoms with Gasteiger partial charge in [-0.25, -0.2) is 4.79 Å². The van der Waals surface area contributed by atoms with Crippen LogP contribution in [0.1, 0.15) is 13.8 Å². The molecule has 0 saturated carbocycles. The molecule has 140 valence electrons. The average Bonchev–Trinajstić information content (AvgIpc) is 3.03. The summed E-state index contributed by atoms with van der Waals surface area (Å²) in [7, 11) is 1.66. The zero-order chi connectivity index (χ0) is 19.3. The van der Waals surface area contributed by atoms with E-state index in [4.69, 9.17) is 4.98 Å². The summed E-state index contributed by atoms with van der Waals surface area (Å²) in [6.45, 7) is 9.51. The smallest absolute Gasteiger partial charge is 0.312 e. The van der Waals surface area contributed by atoms with Crippen LogP contribution in [0, 0.1) is 5.92 Å². The second-order valence-electron chi connectivity index (χ2n) is 7.44. The van der Waals surface area contributed by atoms with Gasteiger partial charge in [-0.15, -0.1) is 0 Å². The molecule has 0 N–H and O–H groups in total. The van der Waals surface area contributed by atoms with Gasteiger partial charge < -0.3 is 9.47 Å². The number of hydrogen-bond donors (Lipinski definition) is 0. The molecule has 0 saturated heterocycles. The summed E-state index contributed by atoms with van der Waals surface area (Å²) in [5, 5.41) is 0. The minimum absolute atomic E-state index is 0.208. The molecule has 0 fully saturated rings. The zero-order valence-electron chi connectivity index (χ0n) is 15.8. The monoisotopic (exact) mass is 365 g/mol. The second kappa shape index (κ2) is 6.26. The van der Waals surface area contributed by atoms with Crippen molar-refractivity contribution >= 4 is 22.8 Å². The third-order valence-corrected chi connectivity index (χ3v) is 4.94. The summed E-state index contributed by atoms with van der Waals surface area (Å²) >= 11 is 0. The third-order valence-electron chi connectivity index (χ3n) is 4.94. The number of fused-ring (bicyclic) bond motifs is 3. The topological polar surface area (TPSA) is 65.1 Å². The van der Waals surface area contributed by atoms with E-state index >= 15 is 0 Å². The van der Waals surface area contributed by atoms with Crippen LogP contribution in [0.5, 0.6) is 0 Å². The normalized spacial score (nSPS) is 16.6. The third kappa shape index (κ3) is 2.70. The average molecular weight is 365 g/mol. The summed E-state index contributed by atoms with van der Waals surface area (Å²) in [5.41, 5.74) is 2.00. The zero-order valence-corrected chi connectivity index (χ0v) is 15.8. The van der Waals surface area contributed by atoms with E-state index in [9.17, 15) is 9.59 Å². The van der Waals surface area contributed by atoms with Crippen molar-refractivity contribution in [3.8, 4) is 0 Å². The first kappa shape index (κ1) is 17.3. The van der Waals surface area contributed by atoms with Crippen LogP contribution in [-0.2, 0) is 20.1 Å². The van der Waals surface area contributed by atoms with Gasteiger partial charge in [0.15, 0.2) is 11.2 Å². The molecule has 3 heterocycles. The number of benzene rings is 1. The van der Waals surface area contributed by atoms with Crippen LogP contribution in [0.25, 0.3) is 11.2 Å². The molecule has 1 atom stereocenters. The molecule has 0 radical (unpaired) electrons. The van der Waals surface area contributed by atoms with Crippen molar-refractivity contribution in [2.45, 2.75) is 26.9 Å². The first-order valence-corrected chi connectivity index (χ1v) is 9.05. The fourth-order valence-corrected chi connectivity index (χ4v) is 3.74. The maximum atomic E-state index is 13.1. The largest absolute Gasteiger partial charge is 0.332 e. The first-order chi connectivity index (χ1) is 12.9. The van der Waals surface area contributed by atoms with Crippen LogP contribution >= 0.6 is 0 Å². The van der Waals surface area contributed by atoms with Crippen LogP contribution in [0.3, 0.4) is 0 Å². The van der Waals surface area contributed by atoms with Gasteiger partial charge in [0, 0.05) is 25.8 Å². The van der Waals surface area contributed by atoms with Crippen LogP contribution in [0.2, 0.25) is 0 Å². The highest BCUT2D eigenvalue weighted by atomic mass is 16.2. The van der Waals surface area contributed by atoms with Gasteiger partial charge >= 0.3 is 5.69 Å². The molecular weight excluding hydrogens is 342 g/mol. The van der Waals surface area contributed by atoms with E-state index in [0.29, 0.717) is 29.6 Å². The van der Waals surface area contributed by atoms with Gasteiger partial charge in [-0.3, -0.25) is 13.9 Å². The molecule has 0 spiro atoms. The van der Waals surface area contributed by atoms with Crippen molar-refractivity contribution in [1.29, 1.82) is 0 Å². The Hall–Kier alpha value is -3.09. The number of rotatable bonds is 3. The molecule has 7 nitrogen and oxygen atoms in total. The standard InChI is InChI=1S/C20H23N5O2/c1-13(2)10-25-18(26)16-17(22(4)20(25)27)21-19-23(11-14(3)12-24(16)19)15-8-6-5-7-9-15/h5-9,14H,1,10-12H2,2-4H3/t14-/m0/s1. The van der Waals surface area contributed by atoms with E-state index in [2.05, 4.69) is 18.4 Å². The van der Waals surface area contributed by atoms with E-state index in [1.807, 2.05) is 34.9 Å². The molecule has 0 bridgehead atoms. The lowest BCUT2D eigenvalue weighted by atomic mass is 10.1. The number of anilines is 2. The van der Waals surface area contributed by atoms with Gasteiger partial charge in [0.2, 0.25) is 5.95 Å². The highest BCUT2D eigenvalue weighted by Crippen LogP contribution is 2.32. The summed E-state index contributed by atoms with van der Waals surface area (Å²) in [6.07, 6.45) is 0. The van der Waals surface area contributed by atoms with Gasteiger partial charge in [-0.1, -0.05) is 37.3 Å². The van der Waals surface area contributed by atoms with E-state index in [1.54, 1.807) is 14.0 Å². The highest BCUT2D eigenvalue weighted by molar-refractivity contribution is 5.77. The van der Waals surface area contributed by atoms with Gasteiger partial charge in [-0.05, 0) is 25.0 Å². The molecule has 1 aromatic carbocycles. The molecule has 2 aromatic heterocycles. The summed E-state index contributed by atoms with van der Waals surface area (Å²) in [6, 6.07) is 9.99. The van der Waals surface area contributed by atoms with Crippen LogP contribution in [0.15, 0.2) is 52.1 Å². The Morgan fingerprint density at radius 2 is 1.93 bits per heavy atom. The van der Waals surface area contributed by atoms with Crippen molar-refractivity contribution in [2.24, 2.45) is 13.0 Å². The fraction of sp³-hybridized carbons (Fsp3) is 0.350. The Morgan fingerprint density at radius 1 is 1.22 bits per heavy atom. The number of imidazole rings is 1. The van der Waals surface area contributed by atoms with Crippen LogP contribution < -0.4 is 16.1 Å². The number of aryl methyl sites for hydroxylation is 1. The van der Waals surface area contributed by atoms with Crippen molar-refractivity contribution in [3.63, 3.8) is 0 Å². The molecular formula is C20H23N5O2. The molecule has 27 heavy (non-hydrogen) atoms. The molecule has 1 aliphatic rings. The fourth-order valence-electron chi connectivity index (χ4n) is 3.74. The second-order valence-corrected chi connectivity index (χ2v) is 7.44. The Balaban J connectivity index is 2.03. The number of aromatic nitrogens is 4. The molecule has 0 aliphatic carbocycles. The minimum Gasteiger partial charge on any atom is -0.312 e. The minimum atomic E-state index is -0.370. The molecule has 0 unspecified atom stereocenters. The lowest BCUT2D eigenvalue weighted by Crippen LogP contribution is -2.40. The molecule has 7 heteroatoms. The number of para-hydroxylation sites is 1. The quantitative estimate of drug-likeness (QED) is 0.668. The first-order valence-electron chi connectivity index (χ1n) is 9.05. The van der Waals surface area contributed by atoms with E-state index in [-0.39, 0.29) is 17.8 Å². The van der Waals surface area contributed by atoms with E-state index in [0.717, 1.165) is 17.8 Å². The maximum absolute atomic E-state index is 13.1. The summed E-state index contributed by atoms with van der Waals surface area (Å²) < 4.78 is 4.65. The molecule has 0 amide bonds. The van der Waals surface area contributed by atoms with Crippen LogP contribution in [0.4, 0.5) is 11.6 Å². The number of allylic oxidation sites excluding steroid dienone is 1. The Bertz CT molecular complexity index is 1150. The summed E-state index contributed by atoms with van der Waals surface area (Å²) in [5.74, 6) is 1.04. The van der Waals surface area contributed by atoms with Crippen molar-refractivity contribution < 1.29 is 0 Å². The lowest BCUT2D eigenvalue weighted by molar-refractivity contribution is 0.458. The highest BCUT2D eigenvalue weighted by Gasteiger charge is 2.29. The van der Waals surface area contributed by atoms with E-state index < -0.39 is 0 Å². The van der Waals surface area contributed by atoms with Gasteiger partial charge in [0.25, 0.3) is 5.56 Å². The Morgan fingerprint density at radius 3 is 2.59 bits per heavy atom. The molecule has 4 rings (SSSR count). The van der Waals surface area contributed by atoms with Gasteiger partial charge in [-0.2, -0.15) is 4.98 Å². The van der Waals surface area contributed by atoms with Crippen molar-refractivity contribution in [1.82, 2.24) is 18.7 Å².